The van der Waals surface area contributed by atoms with Crippen molar-refractivity contribution >= 4 is 38.6 Å². The van der Waals surface area contributed by atoms with Crippen LogP contribution in [0.5, 0.6) is 0 Å². The van der Waals surface area contributed by atoms with E-state index in [0.717, 1.165) is 21.7 Å². The summed E-state index contributed by atoms with van der Waals surface area (Å²) in [6.45, 7) is 0.772. The normalized spacial score (nSPS) is 10.9. The van der Waals surface area contributed by atoms with Crippen molar-refractivity contribution in [3.8, 4) is 0 Å². The van der Waals surface area contributed by atoms with Crippen LogP contribution in [0.4, 0.5) is 5.82 Å². The van der Waals surface area contributed by atoms with Gasteiger partial charge in [-0.2, -0.15) is 5.10 Å². The van der Waals surface area contributed by atoms with E-state index < -0.39 is 0 Å². The van der Waals surface area contributed by atoms with Crippen LogP contribution in [0.25, 0.3) is 5.52 Å². The van der Waals surface area contributed by atoms with Gasteiger partial charge in [-0.3, -0.25) is 0 Å². The van der Waals surface area contributed by atoms with Gasteiger partial charge in [-0.25, -0.2) is 9.50 Å². The molecule has 3 aromatic heterocycles. The summed E-state index contributed by atoms with van der Waals surface area (Å²) < 4.78 is 2.95. The van der Waals surface area contributed by atoms with Crippen LogP contribution >= 0.6 is 27.3 Å². The Balaban J connectivity index is 1.83. The Morgan fingerprint density at radius 2 is 2.24 bits per heavy atom. The zero-order valence-corrected chi connectivity index (χ0v) is 11.2. The standard InChI is InChI=1S/C11H9BrN4S/c12-10-2-1-8(17-10)7-14-11-9-3-4-15-16(9)6-5-13-11/h1-6H,7H2,(H,13,14). The van der Waals surface area contributed by atoms with Crippen molar-refractivity contribution in [2.75, 3.05) is 5.32 Å². The Morgan fingerprint density at radius 3 is 3.06 bits per heavy atom. The Morgan fingerprint density at radius 1 is 1.29 bits per heavy atom. The molecule has 0 atom stereocenters. The van der Waals surface area contributed by atoms with Crippen LogP contribution in [0.15, 0.2) is 40.6 Å². The summed E-state index contributed by atoms with van der Waals surface area (Å²) in [7, 11) is 0. The summed E-state index contributed by atoms with van der Waals surface area (Å²) in [4.78, 5) is 5.59. The third kappa shape index (κ3) is 2.18. The fourth-order valence-electron chi connectivity index (χ4n) is 1.61. The molecule has 4 nitrogen and oxygen atoms in total. The molecule has 0 amide bonds. The molecule has 0 aliphatic heterocycles. The van der Waals surface area contributed by atoms with E-state index in [1.165, 1.54) is 4.88 Å². The number of hydrogen-bond acceptors (Lipinski definition) is 4. The molecule has 86 valence electrons. The molecule has 0 aliphatic carbocycles. The van der Waals surface area contributed by atoms with Crippen molar-refractivity contribution in [1.29, 1.82) is 0 Å². The number of aromatic nitrogens is 3. The zero-order chi connectivity index (χ0) is 11.7. The largest absolute Gasteiger partial charge is 0.363 e. The molecule has 3 aromatic rings. The number of rotatable bonds is 3. The molecule has 0 unspecified atom stereocenters. The third-order valence-corrected chi connectivity index (χ3v) is 4.01. The topological polar surface area (TPSA) is 42.2 Å². The summed E-state index contributed by atoms with van der Waals surface area (Å²) in [6, 6.07) is 6.09. The van der Waals surface area contributed by atoms with Crippen molar-refractivity contribution in [2.24, 2.45) is 0 Å². The molecule has 0 saturated heterocycles. The van der Waals surface area contributed by atoms with E-state index in [1.807, 2.05) is 12.3 Å². The molecule has 0 spiro atoms. The maximum Gasteiger partial charge on any atom is 0.152 e. The highest BCUT2D eigenvalue weighted by atomic mass is 79.9. The molecule has 17 heavy (non-hydrogen) atoms. The lowest BCUT2D eigenvalue weighted by Crippen LogP contribution is -2.02. The highest BCUT2D eigenvalue weighted by molar-refractivity contribution is 9.11. The SMILES string of the molecule is Brc1ccc(CNc2nccn3nccc23)s1. The predicted octanol–water partition coefficient (Wildman–Crippen LogP) is 3.17. The molecular formula is C11H9BrN4S. The monoisotopic (exact) mass is 308 g/mol. The van der Waals surface area contributed by atoms with Gasteiger partial charge < -0.3 is 5.32 Å². The zero-order valence-electron chi connectivity index (χ0n) is 8.80. The van der Waals surface area contributed by atoms with Crippen LogP contribution in [0.2, 0.25) is 0 Å². The molecule has 1 N–H and O–H groups in total. The second-order valence-electron chi connectivity index (χ2n) is 3.50. The van der Waals surface area contributed by atoms with Gasteiger partial charge in [0.05, 0.1) is 16.5 Å². The van der Waals surface area contributed by atoms with Crippen molar-refractivity contribution in [3.63, 3.8) is 0 Å². The van der Waals surface area contributed by atoms with Crippen molar-refractivity contribution in [2.45, 2.75) is 6.54 Å². The van der Waals surface area contributed by atoms with Crippen LogP contribution in [-0.2, 0) is 6.54 Å². The van der Waals surface area contributed by atoms with E-state index in [1.54, 1.807) is 28.2 Å². The van der Waals surface area contributed by atoms with Crippen LogP contribution in [0.3, 0.4) is 0 Å². The van der Waals surface area contributed by atoms with Crippen LogP contribution < -0.4 is 5.32 Å². The molecule has 0 bridgehead atoms. The lowest BCUT2D eigenvalue weighted by molar-refractivity contribution is 0.943. The predicted molar refractivity (Wildman–Crippen MR) is 72.3 cm³/mol. The van der Waals surface area contributed by atoms with E-state index in [-0.39, 0.29) is 0 Å². The van der Waals surface area contributed by atoms with E-state index in [9.17, 15) is 0 Å². The maximum atomic E-state index is 4.32. The first-order chi connectivity index (χ1) is 8.33. The smallest absolute Gasteiger partial charge is 0.152 e. The average Bonchev–Trinajstić information content (AvgIpc) is 2.94. The molecule has 0 aromatic carbocycles. The minimum absolute atomic E-state index is 0.772. The number of fused-ring (bicyclic) bond motifs is 1. The van der Waals surface area contributed by atoms with Crippen LogP contribution in [-0.4, -0.2) is 14.6 Å². The van der Waals surface area contributed by atoms with Crippen LogP contribution in [0, 0.1) is 0 Å². The van der Waals surface area contributed by atoms with Gasteiger partial charge in [0.15, 0.2) is 5.82 Å². The van der Waals surface area contributed by atoms with Gasteiger partial charge in [-0.15, -0.1) is 11.3 Å². The molecule has 3 heterocycles. The van der Waals surface area contributed by atoms with E-state index in [0.29, 0.717) is 0 Å². The molecule has 0 aliphatic rings. The first-order valence-electron chi connectivity index (χ1n) is 5.09. The van der Waals surface area contributed by atoms with Gasteiger partial charge in [0.1, 0.15) is 5.52 Å². The Bertz CT molecular complexity index is 646. The highest BCUT2D eigenvalue weighted by Gasteiger charge is 2.03. The van der Waals surface area contributed by atoms with Gasteiger partial charge in [-0.05, 0) is 34.1 Å². The summed E-state index contributed by atoms with van der Waals surface area (Å²) >= 11 is 5.17. The first-order valence-corrected chi connectivity index (χ1v) is 6.70. The number of halogens is 1. The minimum Gasteiger partial charge on any atom is -0.363 e. The van der Waals surface area contributed by atoms with Gasteiger partial charge in [0, 0.05) is 17.3 Å². The Kier molecular flexibility index (Phi) is 2.82. The lowest BCUT2D eigenvalue weighted by atomic mass is 10.4. The second-order valence-corrected chi connectivity index (χ2v) is 6.04. The maximum absolute atomic E-state index is 4.32. The molecule has 0 radical (unpaired) electrons. The molecule has 0 saturated carbocycles. The van der Waals surface area contributed by atoms with Gasteiger partial charge >= 0.3 is 0 Å². The fraction of sp³-hybridized carbons (Fsp3) is 0.0909. The quantitative estimate of drug-likeness (QED) is 0.808. The summed E-state index contributed by atoms with van der Waals surface area (Å²) in [5, 5.41) is 7.49. The van der Waals surface area contributed by atoms with Crippen molar-refractivity contribution < 1.29 is 0 Å². The molecule has 3 rings (SSSR count). The Hall–Kier alpha value is -1.40. The number of thiophene rings is 1. The van der Waals surface area contributed by atoms with Gasteiger partial charge in [0.2, 0.25) is 0 Å². The average molecular weight is 309 g/mol. The second kappa shape index (κ2) is 4.46. The minimum atomic E-state index is 0.772. The number of nitrogens with zero attached hydrogens (tertiary/aromatic N) is 3. The molecule has 0 fully saturated rings. The molecular weight excluding hydrogens is 300 g/mol. The first kappa shape index (κ1) is 10.7. The molecule has 6 heteroatoms. The summed E-state index contributed by atoms with van der Waals surface area (Å²) in [5.74, 6) is 0.856. The van der Waals surface area contributed by atoms with E-state index in [2.05, 4.69) is 43.5 Å². The van der Waals surface area contributed by atoms with E-state index in [4.69, 9.17) is 0 Å². The highest BCUT2D eigenvalue weighted by Crippen LogP contribution is 2.23. The fourth-order valence-corrected chi connectivity index (χ4v) is 3.03. The summed E-state index contributed by atoms with van der Waals surface area (Å²) in [6.07, 6.45) is 5.35. The van der Waals surface area contributed by atoms with E-state index >= 15 is 0 Å². The number of nitrogens with one attached hydrogen (secondary N) is 1. The van der Waals surface area contributed by atoms with Gasteiger partial charge in [-0.1, -0.05) is 0 Å². The summed E-state index contributed by atoms with van der Waals surface area (Å²) in [5.41, 5.74) is 0.989. The van der Waals surface area contributed by atoms with Gasteiger partial charge in [0.25, 0.3) is 0 Å². The third-order valence-electron chi connectivity index (χ3n) is 2.38. The Labute approximate surface area is 110 Å². The number of anilines is 1. The van der Waals surface area contributed by atoms with Crippen molar-refractivity contribution in [3.05, 3.63) is 45.5 Å². The lowest BCUT2D eigenvalue weighted by Gasteiger charge is -2.05. The van der Waals surface area contributed by atoms with Crippen molar-refractivity contribution in [1.82, 2.24) is 14.6 Å². The number of hydrogen-bond donors (Lipinski definition) is 1. The van der Waals surface area contributed by atoms with Crippen LogP contribution in [0.1, 0.15) is 4.88 Å².